The summed E-state index contributed by atoms with van der Waals surface area (Å²) in [6.45, 7) is -0.0270. The lowest BCUT2D eigenvalue weighted by molar-refractivity contribution is -0.205. The lowest BCUT2D eigenvalue weighted by atomic mass is 9.43. The first-order valence-electron chi connectivity index (χ1n) is 10.1. The Morgan fingerprint density at radius 3 is 2.29 bits per heavy atom. The van der Waals surface area contributed by atoms with Gasteiger partial charge in [-0.05, 0) is 43.9 Å². The normalized spacial score (nSPS) is 24.2. The fourth-order valence-electron chi connectivity index (χ4n) is 4.43. The first kappa shape index (κ1) is 25.4. The molecule has 0 spiro atoms. The number of halogens is 6. The van der Waals surface area contributed by atoms with Crippen molar-refractivity contribution in [1.29, 1.82) is 0 Å². The van der Waals surface area contributed by atoms with Crippen LogP contribution in [0.2, 0.25) is 0 Å². The molecule has 188 valence electrons. The number of nitrogens with one attached hydrogen (secondary N) is 2. The summed E-state index contributed by atoms with van der Waals surface area (Å²) < 4.78 is 81.3. The van der Waals surface area contributed by atoms with E-state index in [9.17, 15) is 40.7 Å². The molecule has 1 aromatic carbocycles. The zero-order chi connectivity index (χ0) is 25.5. The molecule has 3 fully saturated rings. The lowest BCUT2D eigenvalue weighted by Gasteiger charge is -2.73. The predicted molar refractivity (Wildman–Crippen MR) is 104 cm³/mol. The van der Waals surface area contributed by atoms with E-state index in [1.807, 2.05) is 0 Å². The second kappa shape index (κ2) is 8.55. The van der Waals surface area contributed by atoms with E-state index in [-0.39, 0.29) is 31.4 Å². The summed E-state index contributed by atoms with van der Waals surface area (Å²) in [4.78, 5) is 36.9. The number of hydrogen-bond donors (Lipinski definition) is 3. The standard InChI is InChI=1S/C20H22F6N4O4/c1-11(19(21,22)23)34-16(33)29-17-8-18(9-17,10-17)30(14(31)6-28-15(27)32)7-12-3-2-4-13(5-12)20(24,25)26/h2-5,11H,6-10H2,1H3,(H,29,33)(H3,27,28,32). The second-order valence-corrected chi connectivity index (χ2v) is 8.64. The van der Waals surface area contributed by atoms with E-state index in [1.54, 1.807) is 0 Å². The fraction of sp³-hybridized carbons (Fsp3) is 0.550. The van der Waals surface area contributed by atoms with Crippen LogP contribution in [0.3, 0.4) is 0 Å². The molecule has 3 aliphatic carbocycles. The van der Waals surface area contributed by atoms with Gasteiger partial charge < -0.3 is 26.0 Å². The Kier molecular flexibility index (Phi) is 6.39. The van der Waals surface area contributed by atoms with Crippen molar-refractivity contribution < 1.29 is 45.5 Å². The molecule has 0 heterocycles. The van der Waals surface area contributed by atoms with Crippen LogP contribution < -0.4 is 16.4 Å². The molecule has 0 aliphatic heterocycles. The third-order valence-corrected chi connectivity index (χ3v) is 6.00. The van der Waals surface area contributed by atoms with Crippen LogP contribution in [-0.2, 0) is 22.3 Å². The minimum absolute atomic E-state index is 0.163. The molecule has 3 saturated carbocycles. The van der Waals surface area contributed by atoms with Crippen LogP contribution in [0.25, 0.3) is 0 Å². The van der Waals surface area contributed by atoms with Crippen molar-refractivity contribution in [1.82, 2.24) is 15.5 Å². The molecular weight excluding hydrogens is 474 g/mol. The summed E-state index contributed by atoms with van der Waals surface area (Å²) in [5.74, 6) is -0.613. The summed E-state index contributed by atoms with van der Waals surface area (Å²) in [7, 11) is 0. The van der Waals surface area contributed by atoms with Crippen molar-refractivity contribution in [3.8, 4) is 0 Å². The summed E-state index contributed by atoms with van der Waals surface area (Å²) in [5, 5.41) is 4.52. The Morgan fingerprint density at radius 1 is 1.15 bits per heavy atom. The molecule has 4 N–H and O–H groups in total. The number of ether oxygens (including phenoxy) is 1. The van der Waals surface area contributed by atoms with Crippen molar-refractivity contribution in [3.05, 3.63) is 35.4 Å². The Balaban J connectivity index is 1.70. The minimum atomic E-state index is -4.72. The third-order valence-electron chi connectivity index (χ3n) is 6.00. The first-order valence-corrected chi connectivity index (χ1v) is 10.1. The highest BCUT2D eigenvalue weighted by Gasteiger charge is 2.72. The molecule has 2 bridgehead atoms. The third kappa shape index (κ3) is 5.30. The summed E-state index contributed by atoms with van der Waals surface area (Å²) in [6.07, 6.45) is -12.4. The van der Waals surface area contributed by atoms with Crippen molar-refractivity contribution in [2.75, 3.05) is 6.54 Å². The molecule has 1 atom stereocenters. The molecule has 4 amide bonds. The van der Waals surface area contributed by atoms with Crippen LogP contribution in [0, 0.1) is 0 Å². The number of urea groups is 1. The van der Waals surface area contributed by atoms with Crippen LogP contribution in [0.4, 0.5) is 35.9 Å². The topological polar surface area (TPSA) is 114 Å². The number of alkyl carbamates (subject to hydrolysis) is 1. The van der Waals surface area contributed by atoms with Gasteiger partial charge in [-0.3, -0.25) is 4.79 Å². The van der Waals surface area contributed by atoms with Crippen LogP contribution in [-0.4, -0.2) is 52.8 Å². The zero-order valence-electron chi connectivity index (χ0n) is 17.8. The maximum Gasteiger partial charge on any atom is 0.425 e. The molecule has 14 heteroatoms. The maximum absolute atomic E-state index is 13.1. The number of hydrogen-bond acceptors (Lipinski definition) is 4. The monoisotopic (exact) mass is 496 g/mol. The number of rotatable bonds is 7. The number of benzene rings is 1. The molecule has 8 nitrogen and oxygen atoms in total. The lowest BCUT2D eigenvalue weighted by Crippen LogP contribution is -2.84. The number of primary amides is 1. The van der Waals surface area contributed by atoms with E-state index in [0.29, 0.717) is 6.92 Å². The average molecular weight is 496 g/mol. The average Bonchev–Trinajstić information content (AvgIpc) is 2.65. The fourth-order valence-corrected chi connectivity index (χ4v) is 4.43. The van der Waals surface area contributed by atoms with E-state index in [1.165, 1.54) is 17.0 Å². The van der Waals surface area contributed by atoms with Crippen molar-refractivity contribution in [3.63, 3.8) is 0 Å². The minimum Gasteiger partial charge on any atom is -0.437 e. The predicted octanol–water partition coefficient (Wildman–Crippen LogP) is 3.05. The highest BCUT2D eigenvalue weighted by molar-refractivity contribution is 5.84. The quantitative estimate of drug-likeness (QED) is 0.504. The van der Waals surface area contributed by atoms with Gasteiger partial charge in [0.1, 0.15) is 0 Å². The summed E-state index contributed by atoms with van der Waals surface area (Å²) in [6, 6.07) is 3.43. The first-order chi connectivity index (χ1) is 15.6. The zero-order valence-corrected chi connectivity index (χ0v) is 17.8. The Bertz CT molecular complexity index is 961. The van der Waals surface area contributed by atoms with Gasteiger partial charge in [0.2, 0.25) is 5.91 Å². The maximum atomic E-state index is 13.1. The number of amides is 4. The van der Waals surface area contributed by atoms with Gasteiger partial charge in [0, 0.05) is 6.54 Å². The van der Waals surface area contributed by atoms with Crippen molar-refractivity contribution in [2.24, 2.45) is 5.73 Å². The largest absolute Gasteiger partial charge is 0.437 e. The van der Waals surface area contributed by atoms with E-state index in [0.717, 1.165) is 12.1 Å². The van der Waals surface area contributed by atoms with Gasteiger partial charge in [-0.25, -0.2) is 9.59 Å². The molecule has 34 heavy (non-hydrogen) atoms. The van der Waals surface area contributed by atoms with Crippen LogP contribution in [0.5, 0.6) is 0 Å². The molecule has 1 aromatic rings. The van der Waals surface area contributed by atoms with E-state index in [2.05, 4.69) is 15.4 Å². The van der Waals surface area contributed by atoms with Crippen molar-refractivity contribution in [2.45, 2.75) is 62.3 Å². The molecule has 4 rings (SSSR count). The van der Waals surface area contributed by atoms with Gasteiger partial charge in [0.15, 0.2) is 6.10 Å². The van der Waals surface area contributed by atoms with Gasteiger partial charge in [0.05, 0.1) is 23.2 Å². The van der Waals surface area contributed by atoms with Gasteiger partial charge in [0.25, 0.3) is 0 Å². The molecule has 0 saturated heterocycles. The molecule has 0 radical (unpaired) electrons. The summed E-state index contributed by atoms with van der Waals surface area (Å²) in [5.41, 5.74) is 2.55. The smallest absolute Gasteiger partial charge is 0.425 e. The highest BCUT2D eigenvalue weighted by atomic mass is 19.4. The highest BCUT2D eigenvalue weighted by Crippen LogP contribution is 2.64. The Hall–Kier alpha value is -3.19. The second-order valence-electron chi connectivity index (χ2n) is 8.64. The molecule has 1 unspecified atom stereocenters. The number of alkyl halides is 6. The van der Waals surface area contributed by atoms with Gasteiger partial charge >= 0.3 is 24.5 Å². The van der Waals surface area contributed by atoms with Gasteiger partial charge in [-0.15, -0.1) is 0 Å². The van der Waals surface area contributed by atoms with E-state index >= 15 is 0 Å². The number of carbonyl (C=O) groups is 3. The Labute approximate surface area is 189 Å². The van der Waals surface area contributed by atoms with Crippen molar-refractivity contribution >= 4 is 18.0 Å². The van der Waals surface area contributed by atoms with Crippen LogP contribution in [0.1, 0.15) is 37.3 Å². The molecule has 0 aromatic heterocycles. The summed E-state index contributed by atoms with van der Waals surface area (Å²) >= 11 is 0. The van der Waals surface area contributed by atoms with E-state index in [4.69, 9.17) is 5.73 Å². The van der Waals surface area contributed by atoms with Gasteiger partial charge in [-0.1, -0.05) is 12.1 Å². The van der Waals surface area contributed by atoms with Gasteiger partial charge in [-0.2, -0.15) is 26.3 Å². The number of carbonyl (C=O) groups excluding carboxylic acids is 3. The number of nitrogens with two attached hydrogens (primary N) is 1. The van der Waals surface area contributed by atoms with Crippen LogP contribution in [0.15, 0.2) is 24.3 Å². The SMILES string of the molecule is CC(OC(=O)NC12CC(N(Cc3cccc(C(F)(F)F)c3)C(=O)CNC(N)=O)(C1)C2)C(F)(F)F. The number of nitrogens with zero attached hydrogens (tertiary/aromatic N) is 1. The van der Waals surface area contributed by atoms with E-state index < -0.39 is 59.7 Å². The van der Waals surface area contributed by atoms with Crippen LogP contribution >= 0.6 is 0 Å². The molecular formula is C20H22F6N4O4. The Morgan fingerprint density at radius 2 is 1.76 bits per heavy atom. The molecule has 3 aliphatic rings.